The zero-order valence-electron chi connectivity index (χ0n) is 10.7. The number of amides is 1. The highest BCUT2D eigenvalue weighted by Crippen LogP contribution is 2.15. The van der Waals surface area contributed by atoms with Crippen molar-refractivity contribution in [2.75, 3.05) is 25.0 Å². The highest BCUT2D eigenvalue weighted by Gasteiger charge is 2.27. The minimum Gasteiger partial charge on any atom is -0.326 e. The lowest BCUT2D eigenvalue weighted by molar-refractivity contribution is -0.117. The zero-order valence-corrected chi connectivity index (χ0v) is 10.7. The van der Waals surface area contributed by atoms with Crippen molar-refractivity contribution in [2.45, 2.75) is 13.0 Å². The number of carbonyl (C=O) groups excluding carboxylic acids is 1. The van der Waals surface area contributed by atoms with Crippen LogP contribution in [-0.4, -0.2) is 36.5 Å². The molecule has 1 saturated heterocycles. The largest absolute Gasteiger partial charge is 0.326 e. The Balaban J connectivity index is 1.91. The van der Waals surface area contributed by atoms with Gasteiger partial charge in [0.2, 0.25) is 5.91 Å². The molecule has 3 N–H and O–H groups in total. The van der Waals surface area contributed by atoms with Crippen molar-refractivity contribution in [1.29, 1.82) is 0 Å². The van der Waals surface area contributed by atoms with E-state index in [-0.39, 0.29) is 24.2 Å². The zero-order chi connectivity index (χ0) is 14.0. The SMILES string of the molecule is CC1CN(CC(=O)Nc2cc(F)cc(F)c2)CC1N. The second-order valence-electron chi connectivity index (χ2n) is 5.04. The third-order valence-corrected chi connectivity index (χ3v) is 3.26. The van der Waals surface area contributed by atoms with Crippen molar-refractivity contribution in [2.24, 2.45) is 11.7 Å². The summed E-state index contributed by atoms with van der Waals surface area (Å²) in [6, 6.07) is 2.99. The lowest BCUT2D eigenvalue weighted by atomic mass is 10.1. The van der Waals surface area contributed by atoms with Crippen LogP contribution in [0.2, 0.25) is 0 Å². The van der Waals surface area contributed by atoms with Gasteiger partial charge in [-0.2, -0.15) is 0 Å². The topological polar surface area (TPSA) is 58.4 Å². The first-order chi connectivity index (χ1) is 8.94. The van der Waals surface area contributed by atoms with Gasteiger partial charge in [-0.3, -0.25) is 9.69 Å². The van der Waals surface area contributed by atoms with Crippen molar-refractivity contribution < 1.29 is 13.6 Å². The molecule has 6 heteroatoms. The maximum absolute atomic E-state index is 13.0. The van der Waals surface area contributed by atoms with Gasteiger partial charge in [-0.25, -0.2) is 8.78 Å². The lowest BCUT2D eigenvalue weighted by Gasteiger charge is -2.14. The molecule has 1 fully saturated rings. The summed E-state index contributed by atoms with van der Waals surface area (Å²) in [6.45, 7) is 3.62. The van der Waals surface area contributed by atoms with Gasteiger partial charge in [-0.05, 0) is 18.1 Å². The molecule has 0 radical (unpaired) electrons. The van der Waals surface area contributed by atoms with Crippen LogP contribution < -0.4 is 11.1 Å². The first-order valence-corrected chi connectivity index (χ1v) is 6.18. The molecule has 1 aliphatic heterocycles. The Labute approximate surface area is 110 Å². The summed E-state index contributed by atoms with van der Waals surface area (Å²) in [7, 11) is 0. The third-order valence-electron chi connectivity index (χ3n) is 3.26. The Morgan fingerprint density at radius 1 is 1.37 bits per heavy atom. The number of anilines is 1. The molecule has 4 nitrogen and oxygen atoms in total. The normalized spacial score (nSPS) is 23.6. The van der Waals surface area contributed by atoms with Crippen LogP contribution in [0.4, 0.5) is 14.5 Å². The van der Waals surface area contributed by atoms with Crippen LogP contribution in [0.3, 0.4) is 0 Å². The highest BCUT2D eigenvalue weighted by atomic mass is 19.1. The number of benzene rings is 1. The molecule has 2 unspecified atom stereocenters. The first-order valence-electron chi connectivity index (χ1n) is 6.18. The number of rotatable bonds is 3. The first kappa shape index (κ1) is 13.9. The van der Waals surface area contributed by atoms with E-state index >= 15 is 0 Å². The molecule has 1 aliphatic rings. The van der Waals surface area contributed by atoms with Crippen molar-refractivity contribution in [1.82, 2.24) is 4.90 Å². The molecule has 2 rings (SSSR count). The van der Waals surface area contributed by atoms with Crippen molar-refractivity contribution in [3.05, 3.63) is 29.8 Å². The van der Waals surface area contributed by atoms with E-state index in [1.807, 2.05) is 11.8 Å². The number of nitrogens with zero attached hydrogens (tertiary/aromatic N) is 1. The summed E-state index contributed by atoms with van der Waals surface area (Å²) in [5, 5.41) is 2.48. The molecule has 0 aliphatic carbocycles. The minimum absolute atomic E-state index is 0.0689. The molecule has 1 heterocycles. The Hall–Kier alpha value is -1.53. The van der Waals surface area contributed by atoms with Crippen LogP contribution in [-0.2, 0) is 4.79 Å². The molecule has 2 atom stereocenters. The fourth-order valence-electron chi connectivity index (χ4n) is 2.25. The molecule has 0 saturated carbocycles. The summed E-state index contributed by atoms with van der Waals surface area (Å²) in [5.74, 6) is -1.38. The smallest absolute Gasteiger partial charge is 0.238 e. The third kappa shape index (κ3) is 3.71. The van der Waals surface area contributed by atoms with Gasteiger partial charge in [0.05, 0.1) is 6.54 Å². The van der Waals surface area contributed by atoms with Gasteiger partial charge < -0.3 is 11.1 Å². The molecule has 104 valence electrons. The fraction of sp³-hybridized carbons (Fsp3) is 0.462. The Morgan fingerprint density at radius 3 is 2.53 bits per heavy atom. The maximum atomic E-state index is 13.0. The summed E-state index contributed by atoms with van der Waals surface area (Å²) >= 11 is 0. The van der Waals surface area contributed by atoms with Gasteiger partial charge in [-0.1, -0.05) is 6.92 Å². The Bertz CT molecular complexity index is 451. The van der Waals surface area contributed by atoms with E-state index in [1.54, 1.807) is 0 Å². The van der Waals surface area contributed by atoms with Gasteiger partial charge >= 0.3 is 0 Å². The molecular formula is C13H17F2N3O. The van der Waals surface area contributed by atoms with Crippen molar-refractivity contribution in [3.63, 3.8) is 0 Å². The number of hydrogen-bond donors (Lipinski definition) is 2. The van der Waals surface area contributed by atoms with Gasteiger partial charge in [0.15, 0.2) is 0 Å². The van der Waals surface area contributed by atoms with Crippen LogP contribution >= 0.6 is 0 Å². The van der Waals surface area contributed by atoms with Gasteiger partial charge in [0.25, 0.3) is 0 Å². The van der Waals surface area contributed by atoms with Crippen LogP contribution in [0.15, 0.2) is 18.2 Å². The van der Waals surface area contributed by atoms with E-state index < -0.39 is 11.6 Å². The van der Waals surface area contributed by atoms with E-state index in [4.69, 9.17) is 5.73 Å². The monoisotopic (exact) mass is 269 g/mol. The van der Waals surface area contributed by atoms with E-state index in [0.29, 0.717) is 12.5 Å². The van der Waals surface area contributed by atoms with Gasteiger partial charge in [-0.15, -0.1) is 0 Å². The summed E-state index contributed by atoms with van der Waals surface area (Å²) in [5.41, 5.74) is 5.99. The van der Waals surface area contributed by atoms with Crippen molar-refractivity contribution >= 4 is 11.6 Å². The van der Waals surface area contributed by atoms with E-state index in [0.717, 1.165) is 24.7 Å². The quantitative estimate of drug-likeness (QED) is 0.866. The average Bonchev–Trinajstić information content (AvgIpc) is 2.55. The van der Waals surface area contributed by atoms with Crippen LogP contribution in [0.5, 0.6) is 0 Å². The second-order valence-corrected chi connectivity index (χ2v) is 5.04. The van der Waals surface area contributed by atoms with Gasteiger partial charge in [0, 0.05) is 30.9 Å². The van der Waals surface area contributed by atoms with Gasteiger partial charge in [0.1, 0.15) is 11.6 Å². The second kappa shape index (κ2) is 5.63. The predicted octanol–water partition coefficient (Wildman–Crippen LogP) is 1.18. The van der Waals surface area contributed by atoms with Crippen LogP contribution in [0.25, 0.3) is 0 Å². The fourth-order valence-corrected chi connectivity index (χ4v) is 2.25. The molecule has 1 aromatic carbocycles. The lowest BCUT2D eigenvalue weighted by Crippen LogP contribution is -2.33. The van der Waals surface area contributed by atoms with Crippen LogP contribution in [0, 0.1) is 17.6 Å². The van der Waals surface area contributed by atoms with E-state index in [2.05, 4.69) is 5.32 Å². The summed E-state index contributed by atoms with van der Waals surface area (Å²) < 4.78 is 25.9. The molecule has 0 spiro atoms. The molecular weight excluding hydrogens is 252 g/mol. The summed E-state index contributed by atoms with van der Waals surface area (Å²) in [4.78, 5) is 13.7. The number of carbonyl (C=O) groups is 1. The summed E-state index contributed by atoms with van der Waals surface area (Å²) in [6.07, 6.45) is 0. The number of hydrogen-bond acceptors (Lipinski definition) is 3. The number of likely N-dealkylation sites (tertiary alicyclic amines) is 1. The minimum atomic E-state index is -0.716. The predicted molar refractivity (Wildman–Crippen MR) is 68.6 cm³/mol. The molecule has 1 amide bonds. The van der Waals surface area contributed by atoms with E-state index in [1.165, 1.54) is 0 Å². The number of halogens is 2. The van der Waals surface area contributed by atoms with E-state index in [9.17, 15) is 13.6 Å². The highest BCUT2D eigenvalue weighted by molar-refractivity contribution is 5.92. The molecule has 0 aromatic heterocycles. The Morgan fingerprint density at radius 2 is 2.00 bits per heavy atom. The number of nitrogens with two attached hydrogens (primary N) is 1. The molecule has 19 heavy (non-hydrogen) atoms. The average molecular weight is 269 g/mol. The standard InChI is InChI=1S/C13H17F2N3O/c1-8-5-18(6-12(8)16)7-13(19)17-11-3-9(14)2-10(15)4-11/h2-4,8,12H,5-7,16H2,1H3,(H,17,19). The van der Waals surface area contributed by atoms with Crippen LogP contribution in [0.1, 0.15) is 6.92 Å². The Kier molecular flexibility index (Phi) is 4.11. The molecule has 1 aromatic rings. The molecule has 0 bridgehead atoms. The number of nitrogens with one attached hydrogen (secondary N) is 1. The van der Waals surface area contributed by atoms with Crippen molar-refractivity contribution in [3.8, 4) is 0 Å². The maximum Gasteiger partial charge on any atom is 0.238 e.